The van der Waals surface area contributed by atoms with Gasteiger partial charge >= 0.3 is 0 Å². The largest absolute Gasteiger partial charge is 0.353 e. The number of imide groups is 1. The lowest BCUT2D eigenvalue weighted by atomic mass is 9.76. The molecule has 3 amide bonds. The minimum atomic E-state index is -0.278. The van der Waals surface area contributed by atoms with Crippen LogP contribution in [0.5, 0.6) is 0 Å². The highest BCUT2D eigenvalue weighted by Crippen LogP contribution is 2.38. The molecular formula is C37H40N6O3. The molecule has 0 spiro atoms. The second kappa shape index (κ2) is 12.3. The zero-order valence-electron chi connectivity index (χ0n) is 26.5. The maximum Gasteiger partial charge on any atom is 0.254 e. The van der Waals surface area contributed by atoms with Crippen molar-refractivity contribution >= 4 is 28.6 Å². The van der Waals surface area contributed by atoms with Crippen molar-refractivity contribution in [1.82, 2.24) is 30.3 Å². The molecule has 1 atom stereocenters. The van der Waals surface area contributed by atoms with Crippen molar-refractivity contribution in [1.29, 1.82) is 0 Å². The Bertz CT molecular complexity index is 1860. The monoisotopic (exact) mass is 616 g/mol. The maximum absolute atomic E-state index is 13.4. The lowest BCUT2D eigenvalue weighted by Gasteiger charge is -2.34. The number of rotatable bonds is 5. The van der Waals surface area contributed by atoms with Crippen LogP contribution in [-0.4, -0.2) is 75.4 Å². The van der Waals surface area contributed by atoms with Crippen molar-refractivity contribution in [2.24, 2.45) is 5.41 Å². The summed E-state index contributed by atoms with van der Waals surface area (Å²) in [7, 11) is 0. The summed E-state index contributed by atoms with van der Waals surface area (Å²) in [5.41, 5.74) is 8.32. The number of benzene rings is 2. The van der Waals surface area contributed by atoms with E-state index in [2.05, 4.69) is 57.2 Å². The fourth-order valence-electron chi connectivity index (χ4n) is 7.00. The summed E-state index contributed by atoms with van der Waals surface area (Å²) >= 11 is 0. The number of piperazine rings is 1. The van der Waals surface area contributed by atoms with Crippen molar-refractivity contribution in [2.75, 3.05) is 32.7 Å². The molecule has 2 aromatic heterocycles. The zero-order valence-corrected chi connectivity index (χ0v) is 26.5. The predicted octanol–water partition coefficient (Wildman–Crippen LogP) is 4.79. The third kappa shape index (κ3) is 6.22. The molecule has 9 nitrogen and oxygen atoms in total. The van der Waals surface area contributed by atoms with Crippen molar-refractivity contribution in [2.45, 2.75) is 58.3 Å². The standard InChI is InChI=1S/C37H40N6O3/c1-37(2)15-14-29-32(23-37)40-41-34(29)31-21-26-10-11-27(22-30(26)38-31)36(46)43-19-17-42(18-20-43)16-4-3-5-24-6-8-25(9-7-24)28-12-13-33(44)39-35(28)45/h6-11,21-22,28,38H,4,12-20,23H2,1-2H3,(H,40,41)(H,39,44,45)/t28-/m1/s1. The van der Waals surface area contributed by atoms with Crippen LogP contribution in [0.15, 0.2) is 48.5 Å². The number of carbonyl (C=O) groups is 3. The molecule has 2 fully saturated rings. The number of amides is 3. The molecule has 0 saturated carbocycles. The Labute approximate surface area is 269 Å². The fraction of sp³-hybridized carbons (Fsp3) is 0.405. The number of piperidine rings is 1. The molecular weight excluding hydrogens is 576 g/mol. The van der Waals surface area contributed by atoms with Gasteiger partial charge in [-0.15, -0.1) is 0 Å². The molecule has 1 aliphatic carbocycles. The Balaban J connectivity index is 0.908. The molecule has 0 bridgehead atoms. The summed E-state index contributed by atoms with van der Waals surface area (Å²) in [6.45, 7) is 8.51. The normalized spacial score (nSPS) is 19.8. The van der Waals surface area contributed by atoms with Gasteiger partial charge in [0, 0.05) is 78.9 Å². The van der Waals surface area contributed by atoms with Crippen LogP contribution in [0.2, 0.25) is 0 Å². The smallest absolute Gasteiger partial charge is 0.254 e. The van der Waals surface area contributed by atoms with Gasteiger partial charge in [-0.2, -0.15) is 5.10 Å². The van der Waals surface area contributed by atoms with Gasteiger partial charge in [0.05, 0.1) is 11.6 Å². The van der Waals surface area contributed by atoms with Crippen LogP contribution in [0.1, 0.15) is 78.2 Å². The third-order valence-electron chi connectivity index (χ3n) is 9.78. The molecule has 0 radical (unpaired) electrons. The van der Waals surface area contributed by atoms with Gasteiger partial charge in [0.25, 0.3) is 5.91 Å². The van der Waals surface area contributed by atoms with Crippen molar-refractivity contribution in [3.05, 3.63) is 76.5 Å². The van der Waals surface area contributed by atoms with E-state index in [1.165, 1.54) is 11.3 Å². The number of hydrogen-bond donors (Lipinski definition) is 3. The first-order valence-electron chi connectivity index (χ1n) is 16.4. The molecule has 7 rings (SSSR count). The van der Waals surface area contributed by atoms with E-state index in [9.17, 15) is 14.4 Å². The molecule has 3 N–H and O–H groups in total. The molecule has 3 aliphatic rings. The van der Waals surface area contributed by atoms with Crippen LogP contribution in [0, 0.1) is 17.3 Å². The fourth-order valence-corrected chi connectivity index (χ4v) is 7.00. The van der Waals surface area contributed by atoms with Crippen molar-refractivity contribution in [3.8, 4) is 23.2 Å². The van der Waals surface area contributed by atoms with E-state index in [0.717, 1.165) is 78.7 Å². The highest BCUT2D eigenvalue weighted by Gasteiger charge is 2.30. The molecule has 2 saturated heterocycles. The number of aromatic amines is 2. The van der Waals surface area contributed by atoms with Gasteiger partial charge in [-0.1, -0.05) is 43.9 Å². The number of hydrogen-bond acceptors (Lipinski definition) is 5. The van der Waals surface area contributed by atoms with E-state index in [1.807, 2.05) is 47.4 Å². The van der Waals surface area contributed by atoms with E-state index in [-0.39, 0.29) is 23.6 Å². The van der Waals surface area contributed by atoms with Gasteiger partial charge in [-0.05, 0) is 67.0 Å². The Kier molecular flexibility index (Phi) is 7.99. The van der Waals surface area contributed by atoms with E-state index < -0.39 is 0 Å². The third-order valence-corrected chi connectivity index (χ3v) is 9.78. The molecule has 0 unspecified atom stereocenters. The Hall–Kier alpha value is -4.68. The first-order chi connectivity index (χ1) is 22.2. The summed E-state index contributed by atoms with van der Waals surface area (Å²) in [4.78, 5) is 44.8. The topological polar surface area (TPSA) is 114 Å². The SMILES string of the molecule is CC1(C)CCc2c(-c3cc4ccc(C(=O)N5CCN(CCC#Cc6ccc([C@H]7CCC(=O)NC7=O)cc6)CC5)cc4[nH]3)n[nH]c2C1. The Morgan fingerprint density at radius 2 is 1.83 bits per heavy atom. The molecule has 4 heterocycles. The Morgan fingerprint density at radius 1 is 1.02 bits per heavy atom. The van der Waals surface area contributed by atoms with Crippen LogP contribution in [-0.2, 0) is 22.4 Å². The van der Waals surface area contributed by atoms with E-state index in [0.29, 0.717) is 36.9 Å². The lowest BCUT2D eigenvalue weighted by Crippen LogP contribution is -2.48. The van der Waals surface area contributed by atoms with Crippen LogP contribution in [0.4, 0.5) is 0 Å². The number of fused-ring (bicyclic) bond motifs is 2. The van der Waals surface area contributed by atoms with E-state index >= 15 is 0 Å². The Morgan fingerprint density at radius 3 is 2.61 bits per heavy atom. The van der Waals surface area contributed by atoms with Crippen LogP contribution >= 0.6 is 0 Å². The number of nitrogens with zero attached hydrogens (tertiary/aromatic N) is 3. The first kappa shape index (κ1) is 30.0. The van der Waals surface area contributed by atoms with E-state index in [4.69, 9.17) is 0 Å². The van der Waals surface area contributed by atoms with Gasteiger partial charge in [0.2, 0.25) is 11.8 Å². The van der Waals surface area contributed by atoms with Gasteiger partial charge < -0.3 is 9.88 Å². The average Bonchev–Trinajstić information content (AvgIpc) is 3.66. The summed E-state index contributed by atoms with van der Waals surface area (Å²) in [5, 5.41) is 11.4. The number of carbonyl (C=O) groups excluding carboxylic acids is 3. The molecule has 9 heteroatoms. The second-order valence-corrected chi connectivity index (χ2v) is 13.7. The minimum absolute atomic E-state index is 0.0672. The predicted molar refractivity (Wildman–Crippen MR) is 177 cm³/mol. The summed E-state index contributed by atoms with van der Waals surface area (Å²) in [5.74, 6) is 5.85. The van der Waals surface area contributed by atoms with Gasteiger partial charge in [0.15, 0.2) is 0 Å². The van der Waals surface area contributed by atoms with Crippen LogP contribution in [0.3, 0.4) is 0 Å². The van der Waals surface area contributed by atoms with Crippen LogP contribution < -0.4 is 5.32 Å². The van der Waals surface area contributed by atoms with Gasteiger partial charge in [-0.25, -0.2) is 0 Å². The molecule has 2 aromatic carbocycles. The van der Waals surface area contributed by atoms with Gasteiger partial charge in [-0.3, -0.25) is 29.7 Å². The highest BCUT2D eigenvalue weighted by molar-refractivity contribution is 6.01. The summed E-state index contributed by atoms with van der Waals surface area (Å²) in [6.07, 6.45) is 4.84. The van der Waals surface area contributed by atoms with Crippen molar-refractivity contribution < 1.29 is 14.4 Å². The molecule has 2 aliphatic heterocycles. The quantitative estimate of drug-likeness (QED) is 0.220. The molecule has 46 heavy (non-hydrogen) atoms. The number of nitrogens with one attached hydrogen (secondary N) is 3. The zero-order chi connectivity index (χ0) is 31.8. The maximum atomic E-state index is 13.4. The summed E-state index contributed by atoms with van der Waals surface area (Å²) in [6, 6.07) is 15.8. The average molecular weight is 617 g/mol. The number of H-pyrrole nitrogens is 2. The van der Waals surface area contributed by atoms with Crippen molar-refractivity contribution in [3.63, 3.8) is 0 Å². The first-order valence-corrected chi connectivity index (χ1v) is 16.4. The lowest BCUT2D eigenvalue weighted by molar-refractivity contribution is -0.134. The van der Waals surface area contributed by atoms with E-state index in [1.54, 1.807) is 0 Å². The second-order valence-electron chi connectivity index (χ2n) is 13.7. The highest BCUT2D eigenvalue weighted by atomic mass is 16.2. The molecule has 4 aromatic rings. The number of aromatic nitrogens is 3. The minimum Gasteiger partial charge on any atom is -0.353 e. The van der Waals surface area contributed by atoms with Crippen LogP contribution in [0.25, 0.3) is 22.3 Å². The summed E-state index contributed by atoms with van der Waals surface area (Å²) < 4.78 is 0. The van der Waals surface area contributed by atoms with Gasteiger partial charge in [0.1, 0.15) is 5.69 Å². The molecule has 236 valence electrons.